The third-order valence-corrected chi connectivity index (χ3v) is 14.5. The fraction of sp³-hybridized carbons (Fsp3) is 0.526. The van der Waals surface area contributed by atoms with Crippen LogP contribution in [0.2, 0.25) is 0 Å². The van der Waals surface area contributed by atoms with Gasteiger partial charge < -0.3 is 18.9 Å². The average molecular weight is 831 g/mol. The molecule has 0 unspecified atom stereocenters. The summed E-state index contributed by atoms with van der Waals surface area (Å²) in [6, 6.07) is 0. The summed E-state index contributed by atoms with van der Waals surface area (Å²) in [6.07, 6.45) is 8.74. The first-order chi connectivity index (χ1) is 27.8. The number of nitrogens with zero attached hydrogens (tertiary/aromatic N) is 14. The van der Waals surface area contributed by atoms with Crippen LogP contribution in [0.3, 0.4) is 0 Å². The molecule has 0 N–H and O–H groups in total. The van der Waals surface area contributed by atoms with Gasteiger partial charge in [0.2, 0.25) is 21.7 Å². The quantitative estimate of drug-likeness (QED) is 0.180. The number of fused-ring (bicyclic) bond motifs is 2. The van der Waals surface area contributed by atoms with Gasteiger partial charge in [-0.1, -0.05) is 25.6 Å². The molecule has 58 heavy (non-hydrogen) atoms. The maximum atomic E-state index is 13.4. The number of aromatic nitrogens is 12. The van der Waals surface area contributed by atoms with Crippen LogP contribution < -0.4 is 0 Å². The molecule has 308 valence electrons. The van der Waals surface area contributed by atoms with Crippen LogP contribution in [0.25, 0.3) is 45.1 Å². The zero-order chi connectivity index (χ0) is 41.5. The van der Waals surface area contributed by atoms with Crippen molar-refractivity contribution < 1.29 is 18.0 Å². The molecule has 0 saturated carbocycles. The van der Waals surface area contributed by atoms with Gasteiger partial charge in [0.15, 0.2) is 16.3 Å². The molecule has 6 aromatic heterocycles. The van der Waals surface area contributed by atoms with Crippen molar-refractivity contribution in [2.24, 2.45) is 14.1 Å². The van der Waals surface area contributed by atoms with Gasteiger partial charge in [0.25, 0.3) is 0 Å². The van der Waals surface area contributed by atoms with Crippen molar-refractivity contribution in [3.8, 4) is 22.8 Å². The minimum Gasteiger partial charge on any atom is -0.342 e. The largest absolute Gasteiger partial charge is 0.342 e. The number of hydrogen-bond donors (Lipinski definition) is 0. The lowest BCUT2D eigenvalue weighted by Gasteiger charge is -2.15. The molecular weight excluding hydrogens is 781 g/mol. The van der Waals surface area contributed by atoms with Crippen molar-refractivity contribution in [1.29, 1.82) is 0 Å². The van der Waals surface area contributed by atoms with Crippen LogP contribution >= 0.6 is 11.8 Å². The summed E-state index contributed by atoms with van der Waals surface area (Å²) < 4.78 is 34.4. The number of hydrogen-bond acceptors (Lipinski definition) is 13. The first-order valence-electron chi connectivity index (χ1n) is 19.7. The second-order valence-corrected chi connectivity index (χ2v) is 17.9. The summed E-state index contributed by atoms with van der Waals surface area (Å²) in [7, 11) is 0.00103. The Morgan fingerprint density at radius 2 is 1.24 bits per heavy atom. The lowest BCUT2D eigenvalue weighted by atomic mass is 10.2. The Labute approximate surface area is 341 Å². The Morgan fingerprint density at radius 3 is 1.79 bits per heavy atom. The molecule has 0 radical (unpaired) electrons. The summed E-state index contributed by atoms with van der Waals surface area (Å²) in [6.45, 7) is 15.5. The predicted molar refractivity (Wildman–Crippen MR) is 219 cm³/mol. The van der Waals surface area contributed by atoms with Gasteiger partial charge in [-0.25, -0.2) is 38.3 Å². The highest BCUT2D eigenvalue weighted by Crippen LogP contribution is 2.35. The van der Waals surface area contributed by atoms with Crippen LogP contribution in [0.15, 0.2) is 35.1 Å². The molecule has 2 aliphatic rings. The van der Waals surface area contributed by atoms with Gasteiger partial charge >= 0.3 is 0 Å². The van der Waals surface area contributed by atoms with E-state index < -0.39 is 15.1 Å². The topological polar surface area (TPSA) is 198 Å². The minimum atomic E-state index is -3.78. The number of amides is 2. The van der Waals surface area contributed by atoms with Crippen molar-refractivity contribution >= 4 is 55.7 Å². The summed E-state index contributed by atoms with van der Waals surface area (Å²) in [5, 5.41) is 9.25. The van der Waals surface area contributed by atoms with E-state index in [1.807, 2.05) is 52.8 Å². The van der Waals surface area contributed by atoms with Gasteiger partial charge in [-0.15, -0.1) is 0 Å². The molecule has 2 aliphatic heterocycles. The van der Waals surface area contributed by atoms with Gasteiger partial charge in [-0.3, -0.25) is 19.0 Å². The van der Waals surface area contributed by atoms with Crippen molar-refractivity contribution in [1.82, 2.24) is 68.4 Å². The second-order valence-electron chi connectivity index (χ2n) is 14.5. The summed E-state index contributed by atoms with van der Waals surface area (Å²) in [4.78, 5) is 54.3. The Balaban J connectivity index is 0.000000177. The van der Waals surface area contributed by atoms with E-state index in [1.165, 1.54) is 6.33 Å². The molecule has 18 nitrogen and oxygen atoms in total. The lowest BCUT2D eigenvalue weighted by Crippen LogP contribution is -2.31. The third kappa shape index (κ3) is 7.35. The molecule has 6 aromatic rings. The van der Waals surface area contributed by atoms with Crippen LogP contribution in [0.1, 0.15) is 64.8 Å². The molecule has 2 saturated heterocycles. The number of imidazole rings is 2. The first kappa shape index (κ1) is 40.9. The predicted octanol–water partition coefficient (Wildman–Crippen LogP) is 4.00. The molecule has 0 bridgehead atoms. The maximum absolute atomic E-state index is 13.4. The highest BCUT2D eigenvalue weighted by Gasteiger charge is 2.38. The average Bonchev–Trinajstić information content (AvgIpc) is 4.10. The Kier molecular flexibility index (Phi) is 11.7. The van der Waals surface area contributed by atoms with Gasteiger partial charge in [0.1, 0.15) is 40.4 Å². The number of thioether (sulfide) groups is 1. The molecule has 0 aliphatic carbocycles. The summed E-state index contributed by atoms with van der Waals surface area (Å²) in [5.41, 5.74) is 6.19. The number of likely N-dealkylation sites (tertiary alicyclic amines) is 2. The highest BCUT2D eigenvalue weighted by atomic mass is 32.2. The summed E-state index contributed by atoms with van der Waals surface area (Å²) >= 11 is 1.70. The van der Waals surface area contributed by atoms with E-state index in [0.29, 0.717) is 42.5 Å². The van der Waals surface area contributed by atoms with Crippen LogP contribution in [0, 0.1) is 13.8 Å². The molecular formula is C38H50N14O4S2. The Bertz CT molecular complexity index is 2610. The molecule has 0 aromatic carbocycles. The lowest BCUT2D eigenvalue weighted by molar-refractivity contribution is -0.130. The van der Waals surface area contributed by atoms with Crippen molar-refractivity contribution in [3.63, 3.8) is 0 Å². The zero-order valence-electron chi connectivity index (χ0n) is 34.2. The number of rotatable bonds is 10. The normalized spacial score (nSPS) is 17.1. The maximum Gasteiger partial charge on any atom is 0.222 e. The van der Waals surface area contributed by atoms with E-state index in [4.69, 9.17) is 4.98 Å². The van der Waals surface area contributed by atoms with E-state index >= 15 is 0 Å². The number of carbonyl (C=O) groups excluding carboxylic acids is 2. The Hall–Kier alpha value is -5.24. The first-order valence-corrected chi connectivity index (χ1v) is 22.1. The molecule has 0 spiro atoms. The zero-order valence-corrected chi connectivity index (χ0v) is 35.9. The fourth-order valence-corrected chi connectivity index (χ4v) is 10.6. The second kappa shape index (κ2) is 16.6. The molecule has 2 fully saturated rings. The minimum absolute atomic E-state index is 0.0379. The van der Waals surface area contributed by atoms with Gasteiger partial charge in [0, 0.05) is 82.8 Å². The van der Waals surface area contributed by atoms with E-state index in [9.17, 15) is 18.0 Å². The van der Waals surface area contributed by atoms with Gasteiger partial charge in [0.05, 0.1) is 28.8 Å². The van der Waals surface area contributed by atoms with E-state index in [2.05, 4.69) is 49.0 Å². The monoisotopic (exact) mass is 830 g/mol. The van der Waals surface area contributed by atoms with Crippen LogP contribution in [0.5, 0.6) is 0 Å². The SMILES string of the molecule is CCC(=O)N1CC[C@H](S(=O)(=O)c2ncnc3c2nc(-c2cnn(CC)c2C)n3C)C1.CCC(=O)N1CC[C@H](Sc2ncnc3c2nc(-c2cnn(CC)c2C)n3C)C1. The molecule has 20 heteroatoms. The Morgan fingerprint density at radius 1 is 0.724 bits per heavy atom. The van der Waals surface area contributed by atoms with E-state index in [0.717, 1.165) is 77.1 Å². The van der Waals surface area contributed by atoms with Crippen molar-refractivity contribution in [2.45, 2.75) is 101 Å². The van der Waals surface area contributed by atoms with Crippen LogP contribution in [0.4, 0.5) is 0 Å². The van der Waals surface area contributed by atoms with E-state index in [-0.39, 0.29) is 28.9 Å². The fourth-order valence-electron chi connectivity index (χ4n) is 7.72. The highest BCUT2D eigenvalue weighted by molar-refractivity contribution is 8.00. The standard InChI is InChI=1S/C19H25N7O3S.C19H25N7OS/c1-5-15(27)25-8-7-13(10-25)30(28,29)19-16-18(20-11-21-19)24(4)17(23-16)14-9-22-26(6-2)12(14)3;1-5-15(27)25-8-7-13(10-25)28-19-16-18(20-11-21-19)24(4)17(23-16)14-9-22-26(6-2)12(14)3/h9,11,13H,5-8,10H2,1-4H3;9,11,13H,5-8,10H2,1-4H3/t2*13-/m00/s1. The van der Waals surface area contributed by atoms with Gasteiger partial charge in [-0.05, 0) is 40.5 Å². The van der Waals surface area contributed by atoms with Crippen LogP contribution in [-0.4, -0.2) is 125 Å². The molecule has 2 amide bonds. The molecule has 2 atom stereocenters. The molecule has 8 rings (SSSR count). The van der Waals surface area contributed by atoms with Crippen molar-refractivity contribution in [2.75, 3.05) is 26.2 Å². The van der Waals surface area contributed by atoms with Gasteiger partial charge in [-0.2, -0.15) is 10.2 Å². The van der Waals surface area contributed by atoms with Crippen LogP contribution in [-0.2, 0) is 46.6 Å². The number of aryl methyl sites for hydroxylation is 4. The van der Waals surface area contributed by atoms with Crippen molar-refractivity contribution in [3.05, 3.63) is 36.4 Å². The third-order valence-electron chi connectivity index (χ3n) is 11.1. The number of sulfone groups is 1. The smallest absolute Gasteiger partial charge is 0.222 e. The number of carbonyl (C=O) groups is 2. The molecule has 8 heterocycles. The van der Waals surface area contributed by atoms with E-state index in [1.54, 1.807) is 47.7 Å². The summed E-state index contributed by atoms with van der Waals surface area (Å²) in [5.74, 6) is 1.63.